The molecule has 82 valence electrons. The van der Waals surface area contributed by atoms with E-state index in [-0.39, 0.29) is 11.3 Å². The third-order valence-corrected chi connectivity index (χ3v) is 2.18. The van der Waals surface area contributed by atoms with E-state index in [1.165, 1.54) is 12.1 Å². The number of phenolic OH excluding ortho intramolecular Hbond substituents is 1. The van der Waals surface area contributed by atoms with Crippen LogP contribution in [0.2, 0.25) is 0 Å². The van der Waals surface area contributed by atoms with E-state index >= 15 is 0 Å². The summed E-state index contributed by atoms with van der Waals surface area (Å²) in [4.78, 5) is 0. The Morgan fingerprint density at radius 2 is 1.44 bits per heavy atom. The van der Waals surface area contributed by atoms with E-state index in [9.17, 15) is 13.2 Å². The molecule has 0 aliphatic rings. The maximum atomic E-state index is 13.4. The Morgan fingerprint density at radius 1 is 0.812 bits per heavy atom. The van der Waals surface area contributed by atoms with Crippen LogP contribution in [0.1, 0.15) is 0 Å². The summed E-state index contributed by atoms with van der Waals surface area (Å²) in [6.07, 6.45) is 0. The molecule has 0 spiro atoms. The minimum Gasteiger partial charge on any atom is -0.508 e. The van der Waals surface area contributed by atoms with E-state index in [2.05, 4.69) is 0 Å². The molecule has 2 aromatic carbocycles. The van der Waals surface area contributed by atoms with E-state index in [0.29, 0.717) is 0 Å². The minimum atomic E-state index is -0.871. The van der Waals surface area contributed by atoms with Crippen LogP contribution in [0, 0.1) is 17.5 Å². The van der Waals surface area contributed by atoms with Crippen molar-refractivity contribution in [2.75, 3.05) is 0 Å². The number of hydrogen-bond acceptors (Lipinski definition) is 1. The Bertz CT molecular complexity index is 518. The Balaban J connectivity index is 2.68. The topological polar surface area (TPSA) is 20.2 Å². The van der Waals surface area contributed by atoms with E-state index in [1.54, 1.807) is 0 Å². The first-order valence-corrected chi connectivity index (χ1v) is 4.52. The van der Waals surface area contributed by atoms with Crippen LogP contribution >= 0.6 is 0 Å². The molecule has 1 N–H and O–H groups in total. The van der Waals surface area contributed by atoms with Gasteiger partial charge < -0.3 is 5.11 Å². The molecule has 0 aliphatic carbocycles. The van der Waals surface area contributed by atoms with E-state index in [1.807, 2.05) is 0 Å². The van der Waals surface area contributed by atoms with E-state index in [4.69, 9.17) is 5.11 Å². The van der Waals surface area contributed by atoms with Crippen LogP contribution in [-0.4, -0.2) is 5.11 Å². The van der Waals surface area contributed by atoms with Crippen LogP contribution < -0.4 is 0 Å². The molecule has 0 bridgehead atoms. The van der Waals surface area contributed by atoms with Gasteiger partial charge in [-0.25, -0.2) is 13.2 Å². The second-order valence-corrected chi connectivity index (χ2v) is 3.26. The van der Waals surface area contributed by atoms with Gasteiger partial charge in [0.05, 0.1) is 5.56 Å². The average molecular weight is 224 g/mol. The Morgan fingerprint density at radius 3 is 2.00 bits per heavy atom. The third-order valence-electron chi connectivity index (χ3n) is 2.18. The van der Waals surface area contributed by atoms with Gasteiger partial charge in [-0.3, -0.25) is 0 Å². The predicted octanol–water partition coefficient (Wildman–Crippen LogP) is 3.48. The highest BCUT2D eigenvalue weighted by molar-refractivity contribution is 5.66. The molecule has 4 heteroatoms. The predicted molar refractivity (Wildman–Crippen MR) is 53.4 cm³/mol. The molecule has 0 aromatic heterocycles. The van der Waals surface area contributed by atoms with Crippen LogP contribution in [-0.2, 0) is 0 Å². The molecule has 0 aliphatic heterocycles. The molecule has 0 saturated heterocycles. The van der Waals surface area contributed by atoms with Crippen molar-refractivity contribution in [1.82, 2.24) is 0 Å². The number of phenols is 1. The normalized spacial score (nSPS) is 10.4. The maximum absolute atomic E-state index is 13.4. The van der Waals surface area contributed by atoms with Crippen LogP contribution in [0.3, 0.4) is 0 Å². The van der Waals surface area contributed by atoms with Crippen molar-refractivity contribution in [2.24, 2.45) is 0 Å². The fraction of sp³-hybridized carbons (Fsp3) is 0. The van der Waals surface area contributed by atoms with Gasteiger partial charge in [-0.1, -0.05) is 6.07 Å². The summed E-state index contributed by atoms with van der Waals surface area (Å²) >= 11 is 0. The van der Waals surface area contributed by atoms with Gasteiger partial charge >= 0.3 is 0 Å². The zero-order valence-electron chi connectivity index (χ0n) is 8.05. The van der Waals surface area contributed by atoms with Crippen LogP contribution in [0.4, 0.5) is 13.2 Å². The van der Waals surface area contributed by atoms with E-state index < -0.39 is 23.0 Å². The van der Waals surface area contributed by atoms with Gasteiger partial charge in [0, 0.05) is 11.6 Å². The van der Waals surface area contributed by atoms with Gasteiger partial charge in [0.25, 0.3) is 0 Å². The summed E-state index contributed by atoms with van der Waals surface area (Å²) < 4.78 is 40.1. The quantitative estimate of drug-likeness (QED) is 0.786. The molecule has 0 heterocycles. The van der Waals surface area contributed by atoms with Crippen molar-refractivity contribution < 1.29 is 18.3 Å². The first-order chi connectivity index (χ1) is 7.59. The average Bonchev–Trinajstić information content (AvgIpc) is 2.20. The van der Waals surface area contributed by atoms with E-state index in [0.717, 1.165) is 24.3 Å². The SMILES string of the molecule is Oc1ccc(-c2c(F)cccc2F)c(F)c1. The number of halogens is 3. The molecule has 0 radical (unpaired) electrons. The molecule has 1 nitrogen and oxygen atoms in total. The molecular formula is C12H7F3O. The summed E-state index contributed by atoms with van der Waals surface area (Å²) in [5.41, 5.74) is -0.645. The number of hydrogen-bond donors (Lipinski definition) is 1. The molecule has 2 rings (SSSR count). The Kier molecular flexibility index (Phi) is 2.56. The number of benzene rings is 2. The van der Waals surface area contributed by atoms with Gasteiger partial charge in [-0.15, -0.1) is 0 Å². The fourth-order valence-corrected chi connectivity index (χ4v) is 1.46. The lowest BCUT2D eigenvalue weighted by Crippen LogP contribution is -1.92. The van der Waals surface area contributed by atoms with Crippen molar-refractivity contribution >= 4 is 0 Å². The van der Waals surface area contributed by atoms with Gasteiger partial charge in [0.2, 0.25) is 0 Å². The first kappa shape index (κ1) is 10.5. The van der Waals surface area contributed by atoms with Crippen molar-refractivity contribution in [3.63, 3.8) is 0 Å². The van der Waals surface area contributed by atoms with Crippen molar-refractivity contribution in [3.05, 3.63) is 53.8 Å². The number of rotatable bonds is 1. The smallest absolute Gasteiger partial charge is 0.134 e. The van der Waals surface area contributed by atoms with Crippen LogP contribution in [0.15, 0.2) is 36.4 Å². The third kappa shape index (κ3) is 1.74. The van der Waals surface area contributed by atoms with Gasteiger partial charge in [0.15, 0.2) is 0 Å². The highest BCUT2D eigenvalue weighted by atomic mass is 19.1. The molecular weight excluding hydrogens is 217 g/mol. The minimum absolute atomic E-state index is 0.214. The second-order valence-electron chi connectivity index (χ2n) is 3.26. The standard InChI is InChI=1S/C12H7F3O/c13-9-2-1-3-10(14)12(9)8-5-4-7(16)6-11(8)15/h1-6,16H. The Hall–Kier alpha value is -1.97. The molecule has 0 amide bonds. The Labute approximate surface area is 89.8 Å². The summed E-state index contributed by atoms with van der Waals surface area (Å²) in [7, 11) is 0. The molecule has 0 atom stereocenters. The lowest BCUT2D eigenvalue weighted by atomic mass is 10.0. The highest BCUT2D eigenvalue weighted by Gasteiger charge is 2.14. The largest absolute Gasteiger partial charge is 0.508 e. The van der Waals surface area contributed by atoms with Gasteiger partial charge in [-0.05, 0) is 24.3 Å². The van der Waals surface area contributed by atoms with Crippen LogP contribution in [0.5, 0.6) is 5.75 Å². The molecule has 0 fully saturated rings. The summed E-state index contributed by atoms with van der Waals surface area (Å²) in [6.45, 7) is 0. The summed E-state index contributed by atoms with van der Waals surface area (Å²) in [6, 6.07) is 6.40. The lowest BCUT2D eigenvalue weighted by molar-refractivity contribution is 0.469. The van der Waals surface area contributed by atoms with Crippen molar-refractivity contribution in [3.8, 4) is 16.9 Å². The lowest BCUT2D eigenvalue weighted by Gasteiger charge is -2.06. The maximum Gasteiger partial charge on any atom is 0.134 e. The van der Waals surface area contributed by atoms with Crippen LogP contribution in [0.25, 0.3) is 11.1 Å². The molecule has 0 saturated carbocycles. The van der Waals surface area contributed by atoms with Crippen molar-refractivity contribution in [2.45, 2.75) is 0 Å². The number of aromatic hydroxyl groups is 1. The summed E-state index contributed by atoms with van der Waals surface area (Å²) in [5, 5.41) is 9.00. The molecule has 2 aromatic rings. The zero-order chi connectivity index (χ0) is 11.7. The monoisotopic (exact) mass is 224 g/mol. The molecule has 16 heavy (non-hydrogen) atoms. The fourth-order valence-electron chi connectivity index (χ4n) is 1.46. The van der Waals surface area contributed by atoms with Gasteiger partial charge in [-0.2, -0.15) is 0 Å². The first-order valence-electron chi connectivity index (χ1n) is 4.52. The second kappa shape index (κ2) is 3.89. The zero-order valence-corrected chi connectivity index (χ0v) is 8.05. The molecule has 0 unspecified atom stereocenters. The highest BCUT2D eigenvalue weighted by Crippen LogP contribution is 2.29. The van der Waals surface area contributed by atoms with Gasteiger partial charge in [0.1, 0.15) is 23.2 Å². The summed E-state index contributed by atoms with van der Waals surface area (Å²) in [5.74, 6) is -2.85. The van der Waals surface area contributed by atoms with Crippen molar-refractivity contribution in [1.29, 1.82) is 0 Å².